The third-order valence-corrected chi connectivity index (χ3v) is 2.01. The van der Waals surface area contributed by atoms with E-state index in [4.69, 9.17) is 0 Å². The first kappa shape index (κ1) is 10.1. The fourth-order valence-corrected chi connectivity index (χ4v) is 1.25. The zero-order valence-electron chi connectivity index (χ0n) is 7.88. The van der Waals surface area contributed by atoms with Crippen molar-refractivity contribution in [3.05, 3.63) is 56.7 Å². The molecule has 82 valence electrons. The van der Waals surface area contributed by atoms with Gasteiger partial charge in [-0.25, -0.2) is 4.39 Å². The lowest BCUT2D eigenvalue weighted by molar-refractivity contribution is -0.386. The molecule has 2 rings (SSSR count). The Hall–Kier alpha value is -2.44. The van der Waals surface area contributed by atoms with E-state index in [1.807, 2.05) is 0 Å². The molecule has 0 aliphatic heterocycles. The number of rotatable bonds is 2. The molecular formula is C9H6FN3O3. The van der Waals surface area contributed by atoms with Crippen molar-refractivity contribution in [2.75, 3.05) is 0 Å². The monoisotopic (exact) mass is 223 g/mol. The van der Waals surface area contributed by atoms with E-state index in [0.717, 1.165) is 6.20 Å². The second-order valence-electron chi connectivity index (χ2n) is 3.06. The summed E-state index contributed by atoms with van der Waals surface area (Å²) in [5.41, 5.74) is -0.912. The van der Waals surface area contributed by atoms with E-state index in [9.17, 15) is 19.3 Å². The first-order valence-electron chi connectivity index (χ1n) is 4.30. The van der Waals surface area contributed by atoms with Crippen LogP contribution in [0.3, 0.4) is 0 Å². The third kappa shape index (κ3) is 1.70. The van der Waals surface area contributed by atoms with Gasteiger partial charge in [0.25, 0.3) is 0 Å². The number of H-pyrrole nitrogens is 1. The summed E-state index contributed by atoms with van der Waals surface area (Å²) in [6.07, 6.45) is 1.05. The van der Waals surface area contributed by atoms with E-state index in [1.165, 1.54) is 28.9 Å². The highest BCUT2D eigenvalue weighted by Crippen LogP contribution is 2.10. The lowest BCUT2D eigenvalue weighted by atomic mass is 10.3. The molecule has 1 N–H and O–H groups in total. The molecule has 16 heavy (non-hydrogen) atoms. The molecule has 7 heteroatoms. The quantitative estimate of drug-likeness (QED) is 0.613. The maximum atomic E-state index is 12.6. The smallest absolute Gasteiger partial charge is 0.260 e. The van der Waals surface area contributed by atoms with Crippen LogP contribution in [-0.2, 0) is 0 Å². The van der Waals surface area contributed by atoms with Gasteiger partial charge in [-0.15, -0.1) is 0 Å². The van der Waals surface area contributed by atoms with Crippen LogP contribution >= 0.6 is 0 Å². The molecule has 0 saturated heterocycles. The zero-order valence-corrected chi connectivity index (χ0v) is 7.88. The van der Waals surface area contributed by atoms with Crippen LogP contribution in [0.1, 0.15) is 0 Å². The lowest BCUT2D eigenvalue weighted by Gasteiger charge is -1.99. The molecule has 0 spiro atoms. The SMILES string of the molecule is O=c1[nH]n(-c2ccc(F)cc2)cc1[N+](=O)[O-]. The van der Waals surface area contributed by atoms with E-state index >= 15 is 0 Å². The first-order chi connectivity index (χ1) is 7.58. The zero-order chi connectivity index (χ0) is 11.7. The number of halogens is 1. The van der Waals surface area contributed by atoms with Crippen LogP contribution in [0.2, 0.25) is 0 Å². The second-order valence-corrected chi connectivity index (χ2v) is 3.06. The fourth-order valence-electron chi connectivity index (χ4n) is 1.25. The number of nitrogens with zero attached hydrogens (tertiary/aromatic N) is 2. The second kappa shape index (κ2) is 3.61. The van der Waals surface area contributed by atoms with Gasteiger partial charge in [-0.1, -0.05) is 0 Å². The van der Waals surface area contributed by atoms with Crippen molar-refractivity contribution >= 4 is 5.69 Å². The van der Waals surface area contributed by atoms with Gasteiger partial charge >= 0.3 is 11.2 Å². The molecule has 0 fully saturated rings. The van der Waals surface area contributed by atoms with E-state index in [-0.39, 0.29) is 0 Å². The molecule has 0 amide bonds. The van der Waals surface area contributed by atoms with Gasteiger partial charge in [0.15, 0.2) is 0 Å². The molecule has 2 aromatic rings. The van der Waals surface area contributed by atoms with Gasteiger partial charge in [-0.2, -0.15) is 0 Å². The Kier molecular flexibility index (Phi) is 2.28. The summed E-state index contributed by atoms with van der Waals surface area (Å²) < 4.78 is 13.8. The van der Waals surface area contributed by atoms with E-state index in [1.54, 1.807) is 0 Å². The molecule has 0 radical (unpaired) electrons. The Balaban J connectivity index is 2.49. The van der Waals surface area contributed by atoms with Crippen molar-refractivity contribution in [1.82, 2.24) is 9.78 Å². The number of hydrogen-bond donors (Lipinski definition) is 1. The first-order valence-corrected chi connectivity index (χ1v) is 4.30. The highest BCUT2D eigenvalue weighted by atomic mass is 19.1. The summed E-state index contributed by atoms with van der Waals surface area (Å²) in [7, 11) is 0. The van der Waals surface area contributed by atoms with Crippen molar-refractivity contribution in [2.24, 2.45) is 0 Å². The van der Waals surface area contributed by atoms with Gasteiger partial charge in [-0.3, -0.25) is 24.7 Å². The van der Waals surface area contributed by atoms with Gasteiger partial charge in [0.05, 0.1) is 10.6 Å². The molecule has 1 heterocycles. The van der Waals surface area contributed by atoms with Crippen LogP contribution in [0.25, 0.3) is 5.69 Å². The molecule has 0 saturated carbocycles. The van der Waals surface area contributed by atoms with Gasteiger partial charge in [-0.05, 0) is 24.3 Å². The predicted molar refractivity (Wildman–Crippen MR) is 53.0 cm³/mol. The maximum Gasteiger partial charge on any atom is 0.353 e. The molecule has 0 unspecified atom stereocenters. The lowest BCUT2D eigenvalue weighted by Crippen LogP contribution is -2.06. The number of nitrogens with one attached hydrogen (secondary N) is 1. The predicted octanol–water partition coefficient (Wildman–Crippen LogP) is 1.21. The number of aromatic nitrogens is 2. The molecule has 0 bridgehead atoms. The van der Waals surface area contributed by atoms with Gasteiger partial charge in [0, 0.05) is 0 Å². The number of hydrogen-bond acceptors (Lipinski definition) is 3. The normalized spacial score (nSPS) is 10.3. The molecule has 0 atom stereocenters. The summed E-state index contributed by atoms with van der Waals surface area (Å²) in [5.74, 6) is -0.423. The van der Waals surface area contributed by atoms with Crippen molar-refractivity contribution in [1.29, 1.82) is 0 Å². The minimum atomic E-state index is -0.797. The van der Waals surface area contributed by atoms with Crippen LogP contribution in [0.15, 0.2) is 35.3 Å². The maximum absolute atomic E-state index is 12.6. The molecule has 1 aromatic heterocycles. The Morgan fingerprint density at radius 2 is 1.94 bits per heavy atom. The number of benzene rings is 1. The minimum absolute atomic E-state index is 0.423. The molecule has 0 aliphatic carbocycles. The summed E-state index contributed by atoms with van der Waals surface area (Å²) >= 11 is 0. The minimum Gasteiger partial charge on any atom is -0.260 e. The van der Waals surface area contributed by atoms with Gasteiger partial charge < -0.3 is 0 Å². The summed E-state index contributed by atoms with van der Waals surface area (Å²) in [5, 5.41) is 12.7. The highest BCUT2D eigenvalue weighted by molar-refractivity contribution is 5.34. The fraction of sp³-hybridized carbons (Fsp3) is 0. The van der Waals surface area contributed by atoms with Crippen LogP contribution < -0.4 is 5.56 Å². The Morgan fingerprint density at radius 3 is 2.44 bits per heavy atom. The topological polar surface area (TPSA) is 80.9 Å². The van der Waals surface area contributed by atoms with Crippen LogP contribution in [-0.4, -0.2) is 14.7 Å². The van der Waals surface area contributed by atoms with Crippen molar-refractivity contribution in [3.8, 4) is 5.69 Å². The van der Waals surface area contributed by atoms with Crippen LogP contribution in [0.5, 0.6) is 0 Å². The van der Waals surface area contributed by atoms with Gasteiger partial charge in [0.1, 0.15) is 12.0 Å². The van der Waals surface area contributed by atoms with E-state index in [2.05, 4.69) is 5.10 Å². The van der Waals surface area contributed by atoms with E-state index < -0.39 is 22.0 Å². The average Bonchev–Trinajstić information content (AvgIpc) is 2.61. The summed E-state index contributed by atoms with van der Waals surface area (Å²) in [4.78, 5) is 20.8. The average molecular weight is 223 g/mol. The number of nitro groups is 1. The van der Waals surface area contributed by atoms with Crippen molar-refractivity contribution in [2.45, 2.75) is 0 Å². The molecule has 1 aromatic carbocycles. The Morgan fingerprint density at radius 1 is 1.31 bits per heavy atom. The van der Waals surface area contributed by atoms with E-state index in [0.29, 0.717) is 5.69 Å². The number of aromatic amines is 1. The molecule has 0 aliphatic rings. The molecule has 6 nitrogen and oxygen atoms in total. The molecular weight excluding hydrogens is 217 g/mol. The third-order valence-electron chi connectivity index (χ3n) is 2.01. The Labute approximate surface area is 88.1 Å². The van der Waals surface area contributed by atoms with Crippen molar-refractivity contribution < 1.29 is 9.31 Å². The standard InChI is InChI=1S/C9H6FN3O3/c10-6-1-3-7(4-2-6)12-5-8(13(15)16)9(14)11-12/h1-5H,(H,11,14). The van der Waals surface area contributed by atoms with Gasteiger partial charge in [0.2, 0.25) is 0 Å². The summed E-state index contributed by atoms with van der Waals surface area (Å²) in [6.45, 7) is 0. The van der Waals surface area contributed by atoms with Crippen LogP contribution in [0, 0.1) is 15.9 Å². The van der Waals surface area contributed by atoms with Crippen molar-refractivity contribution in [3.63, 3.8) is 0 Å². The highest BCUT2D eigenvalue weighted by Gasteiger charge is 2.15. The Bertz CT molecular complexity index is 585. The van der Waals surface area contributed by atoms with Crippen LogP contribution in [0.4, 0.5) is 10.1 Å². The summed E-state index contributed by atoms with van der Waals surface area (Å²) in [6, 6.07) is 5.18. The largest absolute Gasteiger partial charge is 0.353 e.